The van der Waals surface area contributed by atoms with Crippen molar-refractivity contribution in [1.29, 1.82) is 0 Å². The Kier molecular flexibility index (Phi) is 14.7. The van der Waals surface area contributed by atoms with Gasteiger partial charge in [-0.2, -0.15) is 0 Å². The van der Waals surface area contributed by atoms with Crippen molar-refractivity contribution in [2.45, 2.75) is 179 Å². The van der Waals surface area contributed by atoms with E-state index in [1.165, 1.54) is 27.9 Å². The van der Waals surface area contributed by atoms with Crippen LogP contribution in [0.4, 0.5) is 0 Å². The first-order valence-corrected chi connectivity index (χ1v) is 18.5. The molecule has 51 heavy (non-hydrogen) atoms. The van der Waals surface area contributed by atoms with Crippen molar-refractivity contribution in [2.75, 3.05) is 21.2 Å². The zero-order chi connectivity index (χ0) is 39.0. The summed E-state index contributed by atoms with van der Waals surface area (Å²) in [5.41, 5.74) is -4.84. The summed E-state index contributed by atoms with van der Waals surface area (Å²) in [4.78, 5) is 29.8. The molecule has 0 aromatic carbocycles. The molecule has 0 radical (unpaired) electrons. The molecule has 3 heterocycles. The molecule has 0 unspecified atom stereocenters. The minimum absolute atomic E-state index is 0.0936. The number of Topliss-reactive ketones (excluding diaryl/α,β-unsaturated/α-hetero) is 1. The van der Waals surface area contributed by atoms with Gasteiger partial charge in [-0.05, 0) is 74.9 Å². The smallest absolute Gasteiger partial charge is 0.311 e. The highest BCUT2D eigenvalue weighted by Gasteiger charge is 2.53. The Morgan fingerprint density at radius 3 is 2.04 bits per heavy atom. The molecule has 0 aromatic heterocycles. The van der Waals surface area contributed by atoms with Crippen LogP contribution < -0.4 is 0 Å². The van der Waals surface area contributed by atoms with E-state index in [2.05, 4.69) is 0 Å². The van der Waals surface area contributed by atoms with Crippen LogP contribution in [-0.4, -0.2) is 148 Å². The number of esters is 1. The summed E-state index contributed by atoms with van der Waals surface area (Å²) >= 11 is 0. The van der Waals surface area contributed by atoms with Crippen LogP contribution in [0.25, 0.3) is 0 Å². The predicted molar refractivity (Wildman–Crippen MR) is 186 cm³/mol. The van der Waals surface area contributed by atoms with Crippen LogP contribution in [0.5, 0.6) is 0 Å². The van der Waals surface area contributed by atoms with E-state index in [4.69, 9.17) is 28.4 Å². The van der Waals surface area contributed by atoms with Crippen molar-refractivity contribution < 1.29 is 63.5 Å². The summed E-state index contributed by atoms with van der Waals surface area (Å²) in [5.74, 6) is -4.98. The zero-order valence-corrected chi connectivity index (χ0v) is 32.9. The first-order valence-electron chi connectivity index (χ1n) is 18.5. The van der Waals surface area contributed by atoms with Crippen molar-refractivity contribution in [2.24, 2.45) is 23.7 Å². The SMILES string of the molecule is CC[C@H]1OC(=O)[C@@H](C)[C@H](O[C@@H]2C[C@@](C)(OC)[C@@H](O)[C@H](C)O2)[C@H](C)[C@@H](O[C@H]2O[C@@H](C)C[C@@H](N(C)C)[C@@H]2O)[C@](C)(O)C[C@@H](C)C(=O)[C@@H](C)[C@@H](O)[C@]1(C)O. The summed E-state index contributed by atoms with van der Waals surface area (Å²) < 4.78 is 37.1. The number of aliphatic hydroxyl groups is 5. The molecule has 5 N–H and O–H groups in total. The summed E-state index contributed by atoms with van der Waals surface area (Å²) in [5, 5.41) is 57.6. The Balaban J connectivity index is 2.18. The van der Waals surface area contributed by atoms with Gasteiger partial charge in [-0.25, -0.2) is 0 Å². The van der Waals surface area contributed by atoms with Gasteiger partial charge in [0.25, 0.3) is 0 Å². The maximum absolute atomic E-state index is 14.1. The molecule has 3 rings (SSSR count). The third-order valence-electron chi connectivity index (χ3n) is 11.8. The summed E-state index contributed by atoms with van der Waals surface area (Å²) in [6.45, 7) is 16.3. The molecule has 3 saturated heterocycles. The molecule has 0 aliphatic carbocycles. The largest absolute Gasteiger partial charge is 0.459 e. The first-order chi connectivity index (χ1) is 23.4. The third-order valence-corrected chi connectivity index (χ3v) is 11.8. The van der Waals surface area contributed by atoms with Crippen molar-refractivity contribution >= 4 is 11.8 Å². The predicted octanol–water partition coefficient (Wildman–Crippen LogP) is 1.79. The molecule has 0 bridgehead atoms. The Hall–Kier alpha value is -1.30. The summed E-state index contributed by atoms with van der Waals surface area (Å²) in [7, 11) is 5.18. The molecule has 14 nitrogen and oxygen atoms in total. The van der Waals surface area contributed by atoms with E-state index >= 15 is 0 Å². The quantitative estimate of drug-likeness (QED) is 0.238. The lowest BCUT2D eigenvalue weighted by atomic mass is 9.74. The maximum atomic E-state index is 14.1. The fraction of sp³-hybridized carbons (Fsp3) is 0.946. The highest BCUT2D eigenvalue weighted by molar-refractivity contribution is 5.83. The normalized spacial score (nSPS) is 49.7. The van der Waals surface area contributed by atoms with Crippen LogP contribution in [0, 0.1) is 23.7 Å². The lowest BCUT2D eigenvalue weighted by molar-refractivity contribution is -0.318. The van der Waals surface area contributed by atoms with E-state index in [0.29, 0.717) is 6.42 Å². The van der Waals surface area contributed by atoms with Gasteiger partial charge in [0, 0.05) is 37.3 Å². The topological polar surface area (TPSA) is 194 Å². The van der Waals surface area contributed by atoms with E-state index in [-0.39, 0.29) is 31.4 Å². The van der Waals surface area contributed by atoms with Gasteiger partial charge in [0.1, 0.15) is 29.7 Å². The Labute approximate surface area is 304 Å². The van der Waals surface area contributed by atoms with Crippen LogP contribution in [0.1, 0.15) is 94.9 Å². The van der Waals surface area contributed by atoms with Crippen molar-refractivity contribution in [3.05, 3.63) is 0 Å². The highest BCUT2D eigenvalue weighted by atomic mass is 16.7. The zero-order valence-electron chi connectivity index (χ0n) is 32.9. The Morgan fingerprint density at radius 1 is 0.882 bits per heavy atom. The average Bonchev–Trinajstić information content (AvgIpc) is 3.05. The lowest BCUT2D eigenvalue weighted by Crippen LogP contribution is -2.61. The Bertz CT molecular complexity index is 1170. The van der Waals surface area contributed by atoms with E-state index < -0.39 is 108 Å². The molecule has 18 atom stereocenters. The van der Waals surface area contributed by atoms with Gasteiger partial charge in [-0.1, -0.05) is 27.7 Å². The number of nitrogens with zero attached hydrogens (tertiary/aromatic N) is 1. The number of hydrogen-bond donors (Lipinski definition) is 5. The molecule has 3 aliphatic rings. The lowest BCUT2D eigenvalue weighted by Gasteiger charge is -2.49. The first kappa shape index (κ1) is 44.1. The fourth-order valence-electron chi connectivity index (χ4n) is 8.41. The third kappa shape index (κ3) is 9.51. The number of likely N-dealkylation sites (N-methyl/N-ethyl adjacent to an activating group) is 1. The van der Waals surface area contributed by atoms with Crippen LogP contribution in [0.2, 0.25) is 0 Å². The number of cyclic esters (lactones) is 1. The van der Waals surface area contributed by atoms with Gasteiger partial charge in [0.2, 0.25) is 0 Å². The minimum atomic E-state index is -1.99. The molecular weight excluding hydrogens is 666 g/mol. The number of ketones is 1. The molecule has 0 spiro atoms. The number of hydrogen-bond acceptors (Lipinski definition) is 14. The molecule has 0 aromatic rings. The maximum Gasteiger partial charge on any atom is 0.311 e. The molecule has 298 valence electrons. The minimum Gasteiger partial charge on any atom is -0.459 e. The van der Waals surface area contributed by atoms with Crippen LogP contribution in [0.15, 0.2) is 0 Å². The molecular formula is C37H67NO13. The highest BCUT2D eigenvalue weighted by Crippen LogP contribution is 2.40. The average molecular weight is 734 g/mol. The van der Waals surface area contributed by atoms with Crippen LogP contribution in [0.3, 0.4) is 0 Å². The van der Waals surface area contributed by atoms with Crippen LogP contribution >= 0.6 is 0 Å². The summed E-state index contributed by atoms with van der Waals surface area (Å²) in [6.07, 6.45) is -9.71. The van der Waals surface area contributed by atoms with Gasteiger partial charge < -0.3 is 58.9 Å². The van der Waals surface area contributed by atoms with E-state index in [1.54, 1.807) is 41.5 Å². The van der Waals surface area contributed by atoms with Crippen molar-refractivity contribution in [3.63, 3.8) is 0 Å². The number of aliphatic hydroxyl groups excluding tert-OH is 3. The van der Waals surface area contributed by atoms with Crippen molar-refractivity contribution in [3.8, 4) is 0 Å². The molecule has 14 heteroatoms. The van der Waals surface area contributed by atoms with Gasteiger partial charge in [0.05, 0.1) is 47.6 Å². The summed E-state index contributed by atoms with van der Waals surface area (Å²) in [6, 6.07) is -0.324. The second-order valence-electron chi connectivity index (χ2n) is 16.5. The Morgan fingerprint density at radius 2 is 1.49 bits per heavy atom. The number of carbonyl (C=O) groups is 2. The molecule has 3 fully saturated rings. The molecule has 0 saturated carbocycles. The molecule has 3 aliphatic heterocycles. The molecule has 0 amide bonds. The van der Waals surface area contributed by atoms with E-state index in [0.717, 1.165) is 0 Å². The van der Waals surface area contributed by atoms with E-state index in [1.807, 2.05) is 25.9 Å². The van der Waals surface area contributed by atoms with Crippen molar-refractivity contribution in [1.82, 2.24) is 4.90 Å². The second kappa shape index (κ2) is 17.0. The van der Waals surface area contributed by atoms with Gasteiger partial charge in [-0.15, -0.1) is 0 Å². The second-order valence-corrected chi connectivity index (χ2v) is 16.5. The van der Waals surface area contributed by atoms with Gasteiger partial charge >= 0.3 is 5.97 Å². The van der Waals surface area contributed by atoms with Crippen LogP contribution in [-0.2, 0) is 38.0 Å². The fourth-order valence-corrected chi connectivity index (χ4v) is 8.41. The monoisotopic (exact) mass is 733 g/mol. The number of carbonyl (C=O) groups excluding carboxylic acids is 2. The van der Waals surface area contributed by atoms with Gasteiger partial charge in [0.15, 0.2) is 12.6 Å². The van der Waals surface area contributed by atoms with E-state index in [9.17, 15) is 35.1 Å². The van der Waals surface area contributed by atoms with Gasteiger partial charge in [-0.3, -0.25) is 9.59 Å². The number of ether oxygens (including phenoxy) is 6. The number of rotatable bonds is 7. The standard InChI is InChI=1S/C37H67NO13/c1-14-25-37(10,45)30(41)20(4)27(39)18(2)16-35(8,44)32(51-34-28(40)24(38(11)12)15-19(3)47-34)21(5)29(22(6)33(43)49-25)50-26-17-36(9,46-13)31(42)23(7)48-26/h18-26,28-32,34,40-42,44-45H,14-17H2,1-13H3/t18-,19+,20-,21+,22+,23+,24-,25-,26-,28+,29-,30-,31+,32-,34-,35-,36-,37-/m1/s1. The number of methoxy groups -OCH3 is 1.